The molecule has 1 fully saturated rings. The number of aliphatic hydroxyl groups is 3. The summed E-state index contributed by atoms with van der Waals surface area (Å²) in [5.41, 5.74) is -0.0811. The molecule has 2 aromatic carbocycles. The number of phenolic OH excluding ortho intramolecular Hbond substituents is 1. The average Bonchev–Trinajstić information content (AvgIpc) is 2.89. The molecule has 1 aliphatic carbocycles. The van der Waals surface area contributed by atoms with Crippen molar-refractivity contribution in [1.82, 2.24) is 5.32 Å². The minimum absolute atomic E-state index is 0.000483. The highest BCUT2D eigenvalue weighted by Crippen LogP contribution is 2.35. The molecule has 10 heteroatoms. The number of thioether (sulfide) groups is 1. The molecular formula is C27H29NO8S. The quantitative estimate of drug-likeness (QED) is 0.347. The van der Waals surface area contributed by atoms with E-state index >= 15 is 0 Å². The molecule has 0 unspecified atom stereocenters. The molecule has 196 valence electrons. The number of nitrogens with one attached hydrogen (secondary N) is 1. The van der Waals surface area contributed by atoms with Gasteiger partial charge in [-0.05, 0) is 38.0 Å². The second kappa shape index (κ2) is 11.6. The van der Waals surface area contributed by atoms with Gasteiger partial charge in [-0.3, -0.25) is 14.4 Å². The number of benzene rings is 2. The third-order valence-corrected chi connectivity index (χ3v) is 7.80. The first-order chi connectivity index (χ1) is 17.7. The van der Waals surface area contributed by atoms with Gasteiger partial charge < -0.3 is 30.5 Å². The van der Waals surface area contributed by atoms with Crippen molar-refractivity contribution in [2.24, 2.45) is 0 Å². The summed E-state index contributed by atoms with van der Waals surface area (Å²) in [5, 5.41) is 43.3. The summed E-state index contributed by atoms with van der Waals surface area (Å²) in [4.78, 5) is 39.3. The van der Waals surface area contributed by atoms with Crippen LogP contribution in [-0.2, 0) is 9.53 Å². The van der Waals surface area contributed by atoms with Crippen molar-refractivity contribution in [2.75, 3.05) is 6.61 Å². The van der Waals surface area contributed by atoms with Gasteiger partial charge in [-0.2, -0.15) is 0 Å². The first-order valence-electron chi connectivity index (χ1n) is 12.0. The molecule has 5 atom stereocenters. The number of carbonyl (C=O) groups excluding carboxylic acids is 3. The van der Waals surface area contributed by atoms with Crippen LogP contribution in [0.1, 0.15) is 46.9 Å². The van der Waals surface area contributed by atoms with E-state index < -0.39 is 48.1 Å². The molecule has 0 radical (unpaired) electrons. The largest absolute Gasteiger partial charge is 0.507 e. The number of aliphatic hydroxyl groups excluding tert-OH is 3. The van der Waals surface area contributed by atoms with Crippen LogP contribution >= 0.6 is 11.8 Å². The molecule has 9 nitrogen and oxygen atoms in total. The molecule has 0 bridgehead atoms. The highest BCUT2D eigenvalue weighted by Gasteiger charge is 2.45. The molecule has 1 heterocycles. The lowest BCUT2D eigenvalue weighted by Gasteiger charge is -2.42. The van der Waals surface area contributed by atoms with E-state index in [0.29, 0.717) is 5.57 Å². The van der Waals surface area contributed by atoms with E-state index in [1.54, 1.807) is 0 Å². The maximum Gasteiger partial charge on any atom is 0.220 e. The predicted molar refractivity (Wildman–Crippen MR) is 135 cm³/mol. The van der Waals surface area contributed by atoms with Crippen molar-refractivity contribution in [2.45, 2.75) is 60.9 Å². The van der Waals surface area contributed by atoms with Gasteiger partial charge in [0.1, 0.15) is 29.5 Å². The number of amides is 1. The summed E-state index contributed by atoms with van der Waals surface area (Å²) < 4.78 is 5.80. The fourth-order valence-corrected chi connectivity index (χ4v) is 5.74. The first-order valence-corrected chi connectivity index (χ1v) is 12.9. The Labute approximate surface area is 218 Å². The SMILES string of the molecule is CC1=C(CCCC(=O)N[C@@H]2[C@@H](O)[C@H](O)[C@@H](CO)O[C@@H]2Sc2ccccc2)C(=O)c2cccc(O)c2C1=O. The van der Waals surface area contributed by atoms with Gasteiger partial charge in [0.15, 0.2) is 11.6 Å². The van der Waals surface area contributed by atoms with Crippen molar-refractivity contribution in [1.29, 1.82) is 0 Å². The highest BCUT2D eigenvalue weighted by molar-refractivity contribution is 7.99. The normalized spacial score (nSPS) is 25.7. The van der Waals surface area contributed by atoms with Gasteiger partial charge in [-0.1, -0.05) is 42.1 Å². The van der Waals surface area contributed by atoms with E-state index in [9.17, 15) is 34.8 Å². The molecule has 2 aromatic rings. The molecule has 4 rings (SSSR count). The Balaban J connectivity index is 1.41. The van der Waals surface area contributed by atoms with Gasteiger partial charge in [-0.25, -0.2) is 0 Å². The Bertz CT molecular complexity index is 1210. The third-order valence-electron chi connectivity index (χ3n) is 6.62. The number of hydrogen-bond acceptors (Lipinski definition) is 9. The van der Waals surface area contributed by atoms with Crippen LogP contribution in [0.5, 0.6) is 5.75 Å². The second-order valence-corrected chi connectivity index (χ2v) is 10.2. The zero-order chi connectivity index (χ0) is 26.7. The highest BCUT2D eigenvalue weighted by atomic mass is 32.2. The zero-order valence-corrected chi connectivity index (χ0v) is 21.0. The summed E-state index contributed by atoms with van der Waals surface area (Å²) in [7, 11) is 0. The van der Waals surface area contributed by atoms with Gasteiger partial charge in [0.25, 0.3) is 0 Å². The molecule has 0 saturated carbocycles. The average molecular weight is 528 g/mol. The predicted octanol–water partition coefficient (Wildman–Crippen LogP) is 1.97. The molecule has 5 N–H and O–H groups in total. The first kappa shape index (κ1) is 27.0. The van der Waals surface area contributed by atoms with E-state index in [0.717, 1.165) is 4.90 Å². The van der Waals surface area contributed by atoms with E-state index in [4.69, 9.17) is 4.74 Å². The third kappa shape index (κ3) is 5.63. The van der Waals surface area contributed by atoms with Crippen LogP contribution in [0, 0.1) is 0 Å². The summed E-state index contributed by atoms with van der Waals surface area (Å²) in [6.45, 7) is 1.04. The van der Waals surface area contributed by atoms with Crippen molar-refractivity contribution >= 4 is 29.2 Å². The van der Waals surface area contributed by atoms with E-state index in [1.165, 1.54) is 36.9 Å². The van der Waals surface area contributed by atoms with Crippen molar-refractivity contribution in [3.05, 3.63) is 70.8 Å². The molecular weight excluding hydrogens is 498 g/mol. The van der Waals surface area contributed by atoms with Gasteiger partial charge in [-0.15, -0.1) is 0 Å². The van der Waals surface area contributed by atoms with Crippen LogP contribution in [0.25, 0.3) is 0 Å². The van der Waals surface area contributed by atoms with Crippen LogP contribution in [-0.4, -0.2) is 74.3 Å². The van der Waals surface area contributed by atoms with Crippen LogP contribution in [0.3, 0.4) is 0 Å². The fourth-order valence-electron chi connectivity index (χ4n) is 4.58. The molecule has 1 saturated heterocycles. The number of phenols is 1. The lowest BCUT2D eigenvalue weighted by atomic mass is 9.82. The lowest BCUT2D eigenvalue weighted by Crippen LogP contribution is -2.63. The molecule has 2 aliphatic rings. The van der Waals surface area contributed by atoms with Crippen LogP contribution in [0.2, 0.25) is 0 Å². The molecule has 37 heavy (non-hydrogen) atoms. The lowest BCUT2D eigenvalue weighted by molar-refractivity contribution is -0.173. The number of ether oxygens (including phenoxy) is 1. The number of ketones is 2. The second-order valence-electron chi connectivity index (χ2n) is 9.05. The Morgan fingerprint density at radius 3 is 2.46 bits per heavy atom. The number of aromatic hydroxyl groups is 1. The van der Waals surface area contributed by atoms with Crippen molar-refractivity contribution in [3.8, 4) is 5.75 Å². The molecule has 0 spiro atoms. The Hall–Kier alpha value is -3.02. The maximum atomic E-state index is 13.0. The van der Waals surface area contributed by atoms with Crippen LogP contribution in [0.4, 0.5) is 0 Å². The molecule has 0 aromatic heterocycles. The van der Waals surface area contributed by atoms with Gasteiger partial charge in [0.05, 0.1) is 18.2 Å². The minimum Gasteiger partial charge on any atom is -0.507 e. The standard InChI is InChI=1S/C27H29NO8S/c1-14-16(24(33)17-10-5-11-18(30)21(17)23(14)32)9-6-12-20(31)28-22-26(35)25(34)19(13-29)36-27(22)37-15-7-3-2-4-8-15/h2-5,7-8,10-11,19,22,25-27,29-30,34-35H,6,9,12-13H2,1H3,(H,28,31)/t19-,22-,25-,26-,27-/m1/s1. The van der Waals surface area contributed by atoms with E-state index in [2.05, 4.69) is 5.32 Å². The van der Waals surface area contributed by atoms with Gasteiger partial charge >= 0.3 is 0 Å². The summed E-state index contributed by atoms with van der Waals surface area (Å²) in [6.07, 6.45) is -3.33. The fraction of sp³-hybridized carbons (Fsp3) is 0.370. The minimum atomic E-state index is -1.39. The number of carbonyl (C=O) groups is 3. The zero-order valence-electron chi connectivity index (χ0n) is 20.2. The van der Waals surface area contributed by atoms with E-state index in [-0.39, 0.29) is 47.5 Å². The summed E-state index contributed by atoms with van der Waals surface area (Å²) in [5.74, 6) is -1.43. The van der Waals surface area contributed by atoms with Gasteiger partial charge in [0, 0.05) is 28.0 Å². The molecule has 1 amide bonds. The summed E-state index contributed by atoms with van der Waals surface area (Å²) in [6, 6.07) is 12.6. The maximum absolute atomic E-state index is 13.0. The number of hydrogen-bond donors (Lipinski definition) is 5. The Morgan fingerprint density at radius 1 is 1.03 bits per heavy atom. The Kier molecular flexibility index (Phi) is 8.46. The van der Waals surface area contributed by atoms with E-state index in [1.807, 2.05) is 30.3 Å². The number of Topliss-reactive ketones (excluding diaryl/α,β-unsaturated/α-hetero) is 2. The monoisotopic (exact) mass is 527 g/mol. The van der Waals surface area contributed by atoms with Crippen molar-refractivity contribution in [3.63, 3.8) is 0 Å². The number of allylic oxidation sites excluding steroid dienone is 2. The number of fused-ring (bicyclic) bond motifs is 1. The van der Waals surface area contributed by atoms with Crippen LogP contribution < -0.4 is 5.32 Å². The Morgan fingerprint density at radius 2 is 1.76 bits per heavy atom. The van der Waals surface area contributed by atoms with Crippen LogP contribution in [0.15, 0.2) is 64.6 Å². The smallest absolute Gasteiger partial charge is 0.220 e. The topological polar surface area (TPSA) is 153 Å². The summed E-state index contributed by atoms with van der Waals surface area (Å²) >= 11 is 1.25. The van der Waals surface area contributed by atoms with Crippen molar-refractivity contribution < 1.29 is 39.5 Å². The number of rotatable bonds is 8. The van der Waals surface area contributed by atoms with Gasteiger partial charge in [0.2, 0.25) is 5.91 Å². The molecule has 1 aliphatic heterocycles.